The fourth-order valence-corrected chi connectivity index (χ4v) is 2.75. The lowest BCUT2D eigenvalue weighted by Gasteiger charge is -1.81. The Kier molecular flexibility index (Phi) is 1.78. The summed E-state index contributed by atoms with van der Waals surface area (Å²) in [6, 6.07) is 8.11. The standard InChI is InChI=1S/C9H5N3S2/c1-2-4-7-6(3-1)11-9(13-7)8-5-10-12-14-8/h1-5H. The van der Waals surface area contributed by atoms with Gasteiger partial charge in [-0.25, -0.2) is 4.98 Å². The van der Waals surface area contributed by atoms with E-state index in [2.05, 4.69) is 20.6 Å². The van der Waals surface area contributed by atoms with Crippen LogP contribution >= 0.6 is 22.9 Å². The van der Waals surface area contributed by atoms with Gasteiger partial charge in [0.05, 0.1) is 16.4 Å². The van der Waals surface area contributed by atoms with E-state index in [0.717, 1.165) is 15.4 Å². The molecule has 2 heterocycles. The van der Waals surface area contributed by atoms with Gasteiger partial charge >= 0.3 is 0 Å². The maximum absolute atomic E-state index is 4.50. The third kappa shape index (κ3) is 1.21. The van der Waals surface area contributed by atoms with Gasteiger partial charge in [-0.2, -0.15) is 0 Å². The molecule has 0 amide bonds. The summed E-state index contributed by atoms with van der Waals surface area (Å²) < 4.78 is 5.03. The van der Waals surface area contributed by atoms with Crippen LogP contribution in [0.1, 0.15) is 0 Å². The zero-order valence-electron chi connectivity index (χ0n) is 7.04. The predicted octanol–water partition coefficient (Wildman–Crippen LogP) is 2.81. The maximum atomic E-state index is 4.50. The average Bonchev–Trinajstić information content (AvgIpc) is 2.86. The molecule has 0 saturated carbocycles. The largest absolute Gasteiger partial charge is 0.235 e. The van der Waals surface area contributed by atoms with E-state index in [1.807, 2.05) is 18.2 Å². The second-order valence-corrected chi connectivity index (χ2v) is 4.58. The van der Waals surface area contributed by atoms with Crippen molar-refractivity contribution in [3.05, 3.63) is 30.5 Å². The molecule has 3 nitrogen and oxygen atoms in total. The summed E-state index contributed by atoms with van der Waals surface area (Å²) in [6.45, 7) is 0. The Morgan fingerprint density at radius 3 is 2.86 bits per heavy atom. The molecule has 1 aromatic carbocycles. The molecule has 0 aliphatic carbocycles. The van der Waals surface area contributed by atoms with Gasteiger partial charge in [0.15, 0.2) is 0 Å². The normalized spacial score (nSPS) is 10.9. The van der Waals surface area contributed by atoms with Gasteiger partial charge in [-0.3, -0.25) is 0 Å². The number of para-hydroxylation sites is 1. The zero-order chi connectivity index (χ0) is 9.38. The molecule has 14 heavy (non-hydrogen) atoms. The van der Waals surface area contributed by atoms with Crippen molar-refractivity contribution >= 4 is 33.1 Å². The average molecular weight is 219 g/mol. The highest BCUT2D eigenvalue weighted by Gasteiger charge is 2.06. The lowest BCUT2D eigenvalue weighted by Crippen LogP contribution is -1.68. The van der Waals surface area contributed by atoms with Crippen molar-refractivity contribution in [1.29, 1.82) is 0 Å². The van der Waals surface area contributed by atoms with Crippen LogP contribution in [0.4, 0.5) is 0 Å². The highest BCUT2D eigenvalue weighted by molar-refractivity contribution is 7.24. The minimum absolute atomic E-state index is 1.00. The molecule has 0 aliphatic rings. The van der Waals surface area contributed by atoms with Gasteiger partial charge in [-0.1, -0.05) is 16.6 Å². The molecule has 0 saturated heterocycles. The Hall–Kier alpha value is -1.33. The molecule has 0 atom stereocenters. The molecule has 0 aliphatic heterocycles. The number of hydrogen-bond donors (Lipinski definition) is 0. The second kappa shape index (κ2) is 3.11. The van der Waals surface area contributed by atoms with Crippen molar-refractivity contribution in [3.8, 4) is 9.88 Å². The molecule has 0 fully saturated rings. The Morgan fingerprint density at radius 1 is 1.14 bits per heavy atom. The van der Waals surface area contributed by atoms with Gasteiger partial charge in [0, 0.05) is 0 Å². The summed E-state index contributed by atoms with van der Waals surface area (Å²) in [5, 5.41) is 4.81. The minimum atomic E-state index is 1.00. The van der Waals surface area contributed by atoms with Crippen molar-refractivity contribution in [1.82, 2.24) is 14.6 Å². The van der Waals surface area contributed by atoms with E-state index >= 15 is 0 Å². The molecule has 0 N–H and O–H groups in total. The zero-order valence-corrected chi connectivity index (χ0v) is 8.68. The fraction of sp³-hybridized carbons (Fsp3) is 0. The summed E-state index contributed by atoms with van der Waals surface area (Å²) in [6.07, 6.45) is 1.75. The third-order valence-corrected chi connectivity index (χ3v) is 3.74. The number of nitrogens with zero attached hydrogens (tertiary/aromatic N) is 3. The Bertz CT molecular complexity index is 523. The summed E-state index contributed by atoms with van der Waals surface area (Å²) in [4.78, 5) is 5.54. The van der Waals surface area contributed by atoms with E-state index in [1.165, 1.54) is 16.2 Å². The van der Waals surface area contributed by atoms with Gasteiger partial charge in [0.2, 0.25) is 0 Å². The first-order chi connectivity index (χ1) is 6.93. The van der Waals surface area contributed by atoms with Gasteiger partial charge in [-0.05, 0) is 23.7 Å². The van der Waals surface area contributed by atoms with Crippen LogP contribution in [0.25, 0.3) is 20.1 Å². The molecule has 0 bridgehead atoms. The second-order valence-electron chi connectivity index (χ2n) is 2.77. The van der Waals surface area contributed by atoms with Crippen molar-refractivity contribution in [2.45, 2.75) is 0 Å². The highest BCUT2D eigenvalue weighted by Crippen LogP contribution is 2.30. The monoisotopic (exact) mass is 219 g/mol. The molecule has 68 valence electrons. The van der Waals surface area contributed by atoms with Crippen LogP contribution in [0.3, 0.4) is 0 Å². The number of thiazole rings is 1. The SMILES string of the molecule is c1ccc2sc(-c3cnns3)nc2c1. The fourth-order valence-electron chi connectivity index (χ4n) is 1.24. The topological polar surface area (TPSA) is 38.7 Å². The van der Waals surface area contributed by atoms with E-state index in [4.69, 9.17) is 0 Å². The number of hydrogen-bond acceptors (Lipinski definition) is 5. The van der Waals surface area contributed by atoms with Crippen molar-refractivity contribution in [3.63, 3.8) is 0 Å². The van der Waals surface area contributed by atoms with Crippen LogP contribution in [0.5, 0.6) is 0 Å². The van der Waals surface area contributed by atoms with Gasteiger partial charge in [0.25, 0.3) is 0 Å². The van der Waals surface area contributed by atoms with Crippen molar-refractivity contribution < 1.29 is 0 Å². The first kappa shape index (κ1) is 8.02. The van der Waals surface area contributed by atoms with Crippen molar-refractivity contribution in [2.24, 2.45) is 0 Å². The van der Waals surface area contributed by atoms with Crippen LogP contribution in [0.15, 0.2) is 30.5 Å². The maximum Gasteiger partial charge on any atom is 0.137 e. The van der Waals surface area contributed by atoms with E-state index in [9.17, 15) is 0 Å². The van der Waals surface area contributed by atoms with Crippen LogP contribution in [-0.4, -0.2) is 14.6 Å². The van der Waals surface area contributed by atoms with Crippen LogP contribution in [0, 0.1) is 0 Å². The third-order valence-electron chi connectivity index (χ3n) is 1.87. The van der Waals surface area contributed by atoms with E-state index in [-0.39, 0.29) is 0 Å². The Balaban J connectivity index is 2.24. The summed E-state index contributed by atoms with van der Waals surface area (Å²) in [5.41, 5.74) is 1.04. The predicted molar refractivity (Wildman–Crippen MR) is 58.5 cm³/mol. The lowest BCUT2D eigenvalue weighted by atomic mass is 10.3. The van der Waals surface area contributed by atoms with Crippen molar-refractivity contribution in [2.75, 3.05) is 0 Å². The number of aromatic nitrogens is 3. The molecule has 3 aromatic rings. The summed E-state index contributed by atoms with van der Waals surface area (Å²) in [5.74, 6) is 0. The number of benzene rings is 1. The highest BCUT2D eigenvalue weighted by atomic mass is 32.1. The number of rotatable bonds is 1. The number of fused-ring (bicyclic) bond motifs is 1. The molecular weight excluding hydrogens is 214 g/mol. The molecular formula is C9H5N3S2. The van der Waals surface area contributed by atoms with Crippen LogP contribution in [0.2, 0.25) is 0 Å². The summed E-state index contributed by atoms with van der Waals surface area (Å²) in [7, 11) is 0. The van der Waals surface area contributed by atoms with Gasteiger partial charge in [-0.15, -0.1) is 16.4 Å². The van der Waals surface area contributed by atoms with Gasteiger partial charge in [0.1, 0.15) is 9.88 Å². The minimum Gasteiger partial charge on any atom is -0.235 e. The Morgan fingerprint density at radius 2 is 2.07 bits per heavy atom. The molecule has 5 heteroatoms. The van der Waals surface area contributed by atoms with Gasteiger partial charge < -0.3 is 0 Å². The molecule has 2 aromatic heterocycles. The van der Waals surface area contributed by atoms with Crippen LogP contribution in [-0.2, 0) is 0 Å². The van der Waals surface area contributed by atoms with E-state index in [1.54, 1.807) is 17.5 Å². The molecule has 3 rings (SSSR count). The van der Waals surface area contributed by atoms with E-state index < -0.39 is 0 Å². The summed E-state index contributed by atoms with van der Waals surface area (Å²) >= 11 is 3.05. The lowest BCUT2D eigenvalue weighted by molar-refractivity contribution is 1.16. The molecule has 0 spiro atoms. The molecule has 0 radical (unpaired) electrons. The van der Waals surface area contributed by atoms with E-state index in [0.29, 0.717) is 0 Å². The smallest absolute Gasteiger partial charge is 0.137 e. The Labute approximate surface area is 88.2 Å². The quantitative estimate of drug-likeness (QED) is 0.631. The first-order valence-electron chi connectivity index (χ1n) is 4.07. The first-order valence-corrected chi connectivity index (χ1v) is 5.66. The molecule has 0 unspecified atom stereocenters. The van der Waals surface area contributed by atoms with Crippen LogP contribution < -0.4 is 0 Å².